The van der Waals surface area contributed by atoms with Gasteiger partial charge in [0.2, 0.25) is 5.91 Å². The van der Waals surface area contributed by atoms with E-state index in [1.54, 1.807) is 0 Å². The van der Waals surface area contributed by atoms with Crippen molar-refractivity contribution in [3.05, 3.63) is 12.2 Å². The molecule has 0 rings (SSSR count). The molecule has 0 saturated carbocycles. The first-order valence-corrected chi connectivity index (χ1v) is 42.4. The third-order valence-corrected chi connectivity index (χ3v) is 20.3. The Bertz CT molecular complexity index is 1380. The number of aliphatic hydroxyl groups is 2. The van der Waals surface area contributed by atoms with Crippen molar-refractivity contribution in [3.8, 4) is 0 Å². The average molecular weight is 1280 g/mol. The van der Waals surface area contributed by atoms with Crippen LogP contribution in [0.15, 0.2) is 12.2 Å². The van der Waals surface area contributed by atoms with Crippen LogP contribution in [0.2, 0.25) is 0 Å². The van der Waals surface area contributed by atoms with Gasteiger partial charge in [0.1, 0.15) is 0 Å². The Labute approximate surface area is 571 Å². The monoisotopic (exact) mass is 1280 g/mol. The molecule has 542 valence electrons. The minimum absolute atomic E-state index is 0.0242. The van der Waals surface area contributed by atoms with Crippen LogP contribution in [0.4, 0.5) is 0 Å². The third kappa shape index (κ3) is 77.5. The van der Waals surface area contributed by atoms with Gasteiger partial charge in [-0.15, -0.1) is 0 Å². The molecule has 0 saturated heterocycles. The highest BCUT2D eigenvalue weighted by atomic mass is 16.5. The maximum atomic E-state index is 12.5. The lowest BCUT2D eigenvalue weighted by atomic mass is 10.0. The number of rotatable bonds is 81. The summed E-state index contributed by atoms with van der Waals surface area (Å²) < 4.78 is 5.52. The molecule has 6 heteroatoms. The lowest BCUT2D eigenvalue weighted by Gasteiger charge is -2.22. The van der Waals surface area contributed by atoms with E-state index in [4.69, 9.17) is 4.74 Å². The highest BCUT2D eigenvalue weighted by molar-refractivity contribution is 5.76. The summed E-state index contributed by atoms with van der Waals surface area (Å²) in [7, 11) is 0. The van der Waals surface area contributed by atoms with Gasteiger partial charge in [-0.2, -0.15) is 0 Å². The number of allylic oxidation sites excluding steroid dienone is 2. The summed E-state index contributed by atoms with van der Waals surface area (Å²) in [6.45, 7) is 5.01. The van der Waals surface area contributed by atoms with E-state index in [1.807, 2.05) is 0 Å². The van der Waals surface area contributed by atoms with Gasteiger partial charge in [-0.1, -0.05) is 443 Å². The van der Waals surface area contributed by atoms with Crippen LogP contribution in [0.3, 0.4) is 0 Å². The predicted molar refractivity (Wildman–Crippen MR) is 403 cm³/mol. The molecule has 0 aliphatic heterocycles. The number of hydrogen-bond acceptors (Lipinski definition) is 5. The van der Waals surface area contributed by atoms with E-state index in [0.717, 1.165) is 38.5 Å². The van der Waals surface area contributed by atoms with Crippen LogP contribution >= 0.6 is 0 Å². The fraction of sp³-hybridized carbons (Fsp3) is 0.953. The van der Waals surface area contributed by atoms with Gasteiger partial charge in [-0.25, -0.2) is 0 Å². The van der Waals surface area contributed by atoms with Gasteiger partial charge in [0, 0.05) is 12.8 Å². The van der Waals surface area contributed by atoms with Crippen LogP contribution < -0.4 is 5.32 Å². The third-order valence-electron chi connectivity index (χ3n) is 20.3. The van der Waals surface area contributed by atoms with Gasteiger partial charge in [0.25, 0.3) is 0 Å². The minimum Gasteiger partial charge on any atom is -0.466 e. The Morgan fingerprint density at radius 1 is 0.297 bits per heavy atom. The second kappa shape index (κ2) is 81.0. The second-order valence-corrected chi connectivity index (χ2v) is 29.5. The molecule has 3 N–H and O–H groups in total. The summed E-state index contributed by atoms with van der Waals surface area (Å²) >= 11 is 0. The van der Waals surface area contributed by atoms with Crippen molar-refractivity contribution in [3.63, 3.8) is 0 Å². The van der Waals surface area contributed by atoms with E-state index in [2.05, 4.69) is 31.3 Å². The van der Waals surface area contributed by atoms with Crippen molar-refractivity contribution >= 4 is 11.9 Å². The van der Waals surface area contributed by atoms with Gasteiger partial charge < -0.3 is 20.3 Å². The highest BCUT2D eigenvalue weighted by Crippen LogP contribution is 2.21. The molecule has 0 aromatic rings. The quantitative estimate of drug-likeness (QED) is 0.0320. The average Bonchev–Trinajstić information content (AvgIpc) is 3.67. The van der Waals surface area contributed by atoms with Gasteiger partial charge in [0.15, 0.2) is 0 Å². The molecule has 1 amide bonds. The van der Waals surface area contributed by atoms with Crippen LogP contribution in [0, 0.1) is 0 Å². The Balaban J connectivity index is 3.27. The summed E-state index contributed by atoms with van der Waals surface area (Å²) in [5.74, 6) is 0.000734. The van der Waals surface area contributed by atoms with E-state index < -0.39 is 12.1 Å². The first-order valence-electron chi connectivity index (χ1n) is 42.4. The fourth-order valence-electron chi connectivity index (χ4n) is 13.9. The molecular formula is C85H167NO5. The topological polar surface area (TPSA) is 95.9 Å². The maximum absolute atomic E-state index is 12.5. The number of esters is 1. The first-order chi connectivity index (χ1) is 45.0. The standard InChI is InChI=1S/C85H167NO5/c1-3-5-7-9-11-13-15-17-19-21-43-47-51-55-59-63-67-71-75-79-85(90)91-80-76-72-68-64-60-56-52-48-45-42-40-38-36-34-32-30-28-26-24-22-23-25-27-29-31-33-35-37-39-41-44-46-50-54-58-62-66-70-74-78-84(89)86-82(81-87)83(88)77-73-69-65-61-57-53-49-20-18-16-14-12-10-8-6-4-2/h17,19,82-83,87-88H,3-16,18,20-81H2,1-2H3,(H,86,89)/b19-17-. The lowest BCUT2D eigenvalue weighted by Crippen LogP contribution is -2.45. The Morgan fingerprint density at radius 3 is 0.780 bits per heavy atom. The fourth-order valence-corrected chi connectivity index (χ4v) is 13.9. The molecule has 0 aromatic carbocycles. The van der Waals surface area contributed by atoms with Crippen molar-refractivity contribution in [1.82, 2.24) is 5.32 Å². The number of aliphatic hydroxyl groups excluding tert-OH is 2. The van der Waals surface area contributed by atoms with Crippen molar-refractivity contribution in [2.24, 2.45) is 0 Å². The van der Waals surface area contributed by atoms with Crippen molar-refractivity contribution in [2.75, 3.05) is 13.2 Å². The summed E-state index contributed by atoms with van der Waals surface area (Å²) in [4.78, 5) is 24.7. The molecule has 0 fully saturated rings. The van der Waals surface area contributed by atoms with Crippen LogP contribution in [0.1, 0.15) is 495 Å². The largest absolute Gasteiger partial charge is 0.466 e. The number of ether oxygens (including phenoxy) is 1. The highest BCUT2D eigenvalue weighted by Gasteiger charge is 2.20. The maximum Gasteiger partial charge on any atom is 0.305 e. The normalized spacial score (nSPS) is 12.4. The van der Waals surface area contributed by atoms with E-state index in [1.165, 1.54) is 424 Å². The van der Waals surface area contributed by atoms with E-state index >= 15 is 0 Å². The Hall–Kier alpha value is -1.40. The van der Waals surface area contributed by atoms with Gasteiger partial charge in [-0.05, 0) is 51.4 Å². The molecule has 0 radical (unpaired) electrons. The molecule has 0 aliphatic rings. The zero-order valence-corrected chi connectivity index (χ0v) is 62.4. The number of carbonyl (C=O) groups excluding carboxylic acids is 2. The van der Waals surface area contributed by atoms with Gasteiger partial charge >= 0.3 is 5.97 Å². The van der Waals surface area contributed by atoms with E-state index in [0.29, 0.717) is 25.9 Å². The molecule has 0 aliphatic carbocycles. The Kier molecular flexibility index (Phi) is 79.8. The smallest absolute Gasteiger partial charge is 0.305 e. The molecule has 0 aromatic heterocycles. The number of nitrogens with one attached hydrogen (secondary N) is 1. The SMILES string of the molecule is CCCCCCCC/C=C\CCCCCCCCCCCC(=O)OCCCCCCCCCCCCCCCCCCCCCCCCCCCCCCCCCCCCCCCCCC(=O)NC(CO)C(O)CCCCCCCCCCCCCCCCCC. The van der Waals surface area contributed by atoms with Crippen LogP contribution in [0.25, 0.3) is 0 Å². The lowest BCUT2D eigenvalue weighted by molar-refractivity contribution is -0.143. The molecule has 91 heavy (non-hydrogen) atoms. The molecule has 2 unspecified atom stereocenters. The molecule has 0 bridgehead atoms. The van der Waals surface area contributed by atoms with E-state index in [-0.39, 0.29) is 18.5 Å². The molecule has 0 heterocycles. The number of unbranched alkanes of at least 4 members (excludes halogenated alkanes) is 68. The van der Waals surface area contributed by atoms with Crippen molar-refractivity contribution in [2.45, 2.75) is 508 Å². The second-order valence-electron chi connectivity index (χ2n) is 29.5. The zero-order chi connectivity index (χ0) is 65.6. The van der Waals surface area contributed by atoms with Crippen LogP contribution in [-0.4, -0.2) is 47.4 Å². The summed E-state index contributed by atoms with van der Waals surface area (Å²) in [5.41, 5.74) is 0. The van der Waals surface area contributed by atoms with Gasteiger partial charge in [-0.3, -0.25) is 9.59 Å². The van der Waals surface area contributed by atoms with Crippen molar-refractivity contribution < 1.29 is 24.5 Å². The molecule has 6 nitrogen and oxygen atoms in total. The van der Waals surface area contributed by atoms with Crippen LogP contribution in [0.5, 0.6) is 0 Å². The molecule has 0 spiro atoms. The summed E-state index contributed by atoms with van der Waals surface area (Å²) in [5, 5.41) is 23.4. The van der Waals surface area contributed by atoms with Crippen LogP contribution in [-0.2, 0) is 14.3 Å². The predicted octanol–water partition coefficient (Wildman–Crippen LogP) is 28.2. The molecular weight excluding hydrogens is 1110 g/mol. The zero-order valence-electron chi connectivity index (χ0n) is 62.4. The van der Waals surface area contributed by atoms with Crippen molar-refractivity contribution in [1.29, 1.82) is 0 Å². The molecule has 2 atom stereocenters. The first kappa shape index (κ1) is 89.6. The van der Waals surface area contributed by atoms with E-state index in [9.17, 15) is 19.8 Å². The number of amides is 1. The Morgan fingerprint density at radius 2 is 0.516 bits per heavy atom. The number of carbonyl (C=O) groups is 2. The number of hydrogen-bond donors (Lipinski definition) is 3. The van der Waals surface area contributed by atoms with Gasteiger partial charge in [0.05, 0.1) is 25.4 Å². The minimum atomic E-state index is -0.659. The summed E-state index contributed by atoms with van der Waals surface area (Å²) in [6.07, 6.45) is 103. The summed E-state index contributed by atoms with van der Waals surface area (Å²) in [6, 6.07) is -0.536.